The van der Waals surface area contributed by atoms with Gasteiger partial charge in [0.1, 0.15) is 5.60 Å². The lowest BCUT2D eigenvalue weighted by Crippen LogP contribution is -2.40. The minimum absolute atomic E-state index is 0.0359. The predicted molar refractivity (Wildman–Crippen MR) is 93.3 cm³/mol. The summed E-state index contributed by atoms with van der Waals surface area (Å²) < 4.78 is 5.37. The van der Waals surface area contributed by atoms with Crippen molar-refractivity contribution in [3.8, 4) is 0 Å². The Kier molecular flexibility index (Phi) is 4.61. The predicted octanol–water partition coefficient (Wildman–Crippen LogP) is 3.63. The fourth-order valence-corrected chi connectivity index (χ4v) is 2.99. The first-order valence-corrected chi connectivity index (χ1v) is 8.09. The lowest BCUT2D eigenvalue weighted by atomic mass is 9.79. The van der Waals surface area contributed by atoms with Crippen LogP contribution in [0.3, 0.4) is 0 Å². The van der Waals surface area contributed by atoms with E-state index >= 15 is 0 Å². The topological polar surface area (TPSA) is 60.4 Å². The maximum atomic E-state index is 13.0. The summed E-state index contributed by atoms with van der Waals surface area (Å²) in [6, 6.07) is 17.6. The molecule has 3 rings (SSSR count). The zero-order valence-electron chi connectivity index (χ0n) is 13.8. The summed E-state index contributed by atoms with van der Waals surface area (Å²) >= 11 is 0. The molecule has 1 aliphatic rings. The second kappa shape index (κ2) is 6.85. The van der Waals surface area contributed by atoms with Gasteiger partial charge in [0.2, 0.25) is 0 Å². The molecule has 2 unspecified atom stereocenters. The van der Waals surface area contributed by atoms with Gasteiger partial charge in [0, 0.05) is 23.6 Å². The zero-order chi connectivity index (χ0) is 17.9. The standard InChI is InChI=1S/C21H18O4/c1-21(13-12-19(23)25-21)17(20(24)16-10-6-3-7-11-16)14-18(22)15-8-4-2-5-9-15/h2-13,17H,14H2,1H3. The summed E-state index contributed by atoms with van der Waals surface area (Å²) in [5, 5.41) is 0. The van der Waals surface area contributed by atoms with E-state index in [4.69, 9.17) is 4.74 Å². The highest BCUT2D eigenvalue weighted by Gasteiger charge is 2.44. The molecule has 0 spiro atoms. The zero-order valence-corrected chi connectivity index (χ0v) is 13.8. The number of ether oxygens (including phenoxy) is 1. The fraction of sp³-hybridized carbons (Fsp3) is 0.190. The molecule has 0 amide bonds. The average Bonchev–Trinajstić information content (AvgIpc) is 3.00. The van der Waals surface area contributed by atoms with Crippen molar-refractivity contribution in [2.24, 2.45) is 5.92 Å². The number of hydrogen-bond donors (Lipinski definition) is 0. The van der Waals surface area contributed by atoms with Crippen molar-refractivity contribution in [2.45, 2.75) is 18.9 Å². The normalized spacial score (nSPS) is 20.1. The van der Waals surface area contributed by atoms with Crippen LogP contribution in [-0.4, -0.2) is 23.1 Å². The number of cyclic esters (lactones) is 1. The molecular formula is C21H18O4. The van der Waals surface area contributed by atoms with E-state index in [-0.39, 0.29) is 18.0 Å². The molecule has 0 saturated carbocycles. The van der Waals surface area contributed by atoms with Crippen LogP contribution >= 0.6 is 0 Å². The lowest BCUT2D eigenvalue weighted by Gasteiger charge is -2.30. The summed E-state index contributed by atoms with van der Waals surface area (Å²) in [5.41, 5.74) is -0.106. The molecule has 2 aromatic rings. The molecule has 0 radical (unpaired) electrons. The molecule has 4 nitrogen and oxygen atoms in total. The minimum Gasteiger partial charge on any atom is -0.451 e. The number of hydrogen-bond acceptors (Lipinski definition) is 4. The lowest BCUT2D eigenvalue weighted by molar-refractivity contribution is -0.146. The fourth-order valence-electron chi connectivity index (χ4n) is 2.99. The van der Waals surface area contributed by atoms with Crippen molar-refractivity contribution in [1.82, 2.24) is 0 Å². The molecule has 4 heteroatoms. The Morgan fingerprint density at radius 3 is 2.04 bits per heavy atom. The molecule has 1 heterocycles. The summed E-state index contributed by atoms with van der Waals surface area (Å²) in [5.74, 6) is -1.66. The van der Waals surface area contributed by atoms with Crippen molar-refractivity contribution >= 4 is 17.5 Å². The van der Waals surface area contributed by atoms with Gasteiger partial charge in [-0.1, -0.05) is 60.7 Å². The van der Waals surface area contributed by atoms with E-state index in [0.717, 1.165) is 0 Å². The molecule has 0 saturated heterocycles. The number of ketones is 2. The van der Waals surface area contributed by atoms with Gasteiger partial charge in [-0.15, -0.1) is 0 Å². The number of rotatable bonds is 6. The van der Waals surface area contributed by atoms with E-state index in [1.807, 2.05) is 12.1 Å². The second-order valence-electron chi connectivity index (χ2n) is 6.21. The summed E-state index contributed by atoms with van der Waals surface area (Å²) in [4.78, 5) is 37.3. The van der Waals surface area contributed by atoms with Crippen molar-refractivity contribution in [1.29, 1.82) is 0 Å². The largest absolute Gasteiger partial charge is 0.451 e. The first-order chi connectivity index (χ1) is 12.0. The highest BCUT2D eigenvalue weighted by molar-refractivity contribution is 6.04. The maximum absolute atomic E-state index is 13.0. The van der Waals surface area contributed by atoms with Crippen LogP contribution in [0.25, 0.3) is 0 Å². The van der Waals surface area contributed by atoms with Gasteiger partial charge in [0.25, 0.3) is 0 Å². The molecule has 1 aliphatic heterocycles. The third-order valence-electron chi connectivity index (χ3n) is 4.42. The highest BCUT2D eigenvalue weighted by atomic mass is 16.6. The van der Waals surface area contributed by atoms with Crippen LogP contribution in [0.5, 0.6) is 0 Å². The Morgan fingerprint density at radius 1 is 0.960 bits per heavy atom. The van der Waals surface area contributed by atoms with E-state index in [1.165, 1.54) is 6.08 Å². The molecule has 0 aromatic heterocycles. The minimum atomic E-state index is -1.13. The number of Topliss-reactive ketones (excluding diaryl/α,β-unsaturated/α-hetero) is 2. The summed E-state index contributed by atoms with van der Waals surface area (Å²) in [6.07, 6.45) is 2.84. The van der Waals surface area contributed by atoms with Crippen molar-refractivity contribution in [2.75, 3.05) is 0 Å². The Hall–Kier alpha value is -3.01. The molecule has 2 atom stereocenters. The number of benzene rings is 2. The SMILES string of the molecule is CC1(C(CC(=O)c2ccccc2)C(=O)c2ccccc2)C=CC(=O)O1. The van der Waals surface area contributed by atoms with Gasteiger partial charge in [-0.3, -0.25) is 9.59 Å². The van der Waals surface area contributed by atoms with Crippen LogP contribution in [0.4, 0.5) is 0 Å². The average molecular weight is 334 g/mol. The second-order valence-corrected chi connectivity index (χ2v) is 6.21. The Balaban J connectivity index is 1.92. The van der Waals surface area contributed by atoms with Gasteiger partial charge in [0.05, 0.1) is 5.92 Å². The summed E-state index contributed by atoms with van der Waals surface area (Å²) in [7, 11) is 0. The van der Waals surface area contributed by atoms with Crippen molar-refractivity contribution in [3.63, 3.8) is 0 Å². The van der Waals surface area contributed by atoms with Crippen LogP contribution in [0, 0.1) is 5.92 Å². The van der Waals surface area contributed by atoms with Gasteiger partial charge < -0.3 is 4.74 Å². The first-order valence-electron chi connectivity index (χ1n) is 8.09. The molecule has 0 bridgehead atoms. The van der Waals surface area contributed by atoms with Gasteiger partial charge in [-0.25, -0.2) is 4.79 Å². The van der Waals surface area contributed by atoms with E-state index in [9.17, 15) is 14.4 Å². The molecule has 2 aromatic carbocycles. The van der Waals surface area contributed by atoms with Crippen LogP contribution in [0.2, 0.25) is 0 Å². The molecular weight excluding hydrogens is 316 g/mol. The third kappa shape index (κ3) is 3.58. The van der Waals surface area contributed by atoms with Crippen molar-refractivity contribution < 1.29 is 19.1 Å². The summed E-state index contributed by atoms with van der Waals surface area (Å²) in [6.45, 7) is 1.66. The number of esters is 1. The molecule has 0 aliphatic carbocycles. The van der Waals surface area contributed by atoms with E-state index in [2.05, 4.69) is 0 Å². The highest BCUT2D eigenvalue weighted by Crippen LogP contribution is 2.34. The van der Waals surface area contributed by atoms with E-state index in [1.54, 1.807) is 61.5 Å². The molecule has 25 heavy (non-hydrogen) atoms. The third-order valence-corrected chi connectivity index (χ3v) is 4.42. The quantitative estimate of drug-likeness (QED) is 0.598. The first kappa shape index (κ1) is 16.8. The van der Waals surface area contributed by atoms with Gasteiger partial charge in [-0.2, -0.15) is 0 Å². The Morgan fingerprint density at radius 2 is 1.52 bits per heavy atom. The van der Waals surface area contributed by atoms with E-state index in [0.29, 0.717) is 11.1 Å². The number of carbonyl (C=O) groups is 3. The molecule has 0 N–H and O–H groups in total. The van der Waals surface area contributed by atoms with Gasteiger partial charge in [0.15, 0.2) is 11.6 Å². The number of carbonyl (C=O) groups excluding carboxylic acids is 3. The smallest absolute Gasteiger partial charge is 0.331 e. The molecule has 0 fully saturated rings. The van der Waals surface area contributed by atoms with E-state index < -0.39 is 17.5 Å². The van der Waals surface area contributed by atoms with Crippen LogP contribution in [-0.2, 0) is 9.53 Å². The monoisotopic (exact) mass is 334 g/mol. The van der Waals surface area contributed by atoms with Gasteiger partial charge >= 0.3 is 5.97 Å². The van der Waals surface area contributed by atoms with Crippen LogP contribution < -0.4 is 0 Å². The maximum Gasteiger partial charge on any atom is 0.331 e. The van der Waals surface area contributed by atoms with Crippen molar-refractivity contribution in [3.05, 3.63) is 83.9 Å². The van der Waals surface area contributed by atoms with Gasteiger partial charge in [-0.05, 0) is 13.0 Å². The van der Waals surface area contributed by atoms with Crippen LogP contribution in [0.15, 0.2) is 72.8 Å². The molecule has 126 valence electrons. The Bertz CT molecular complexity index is 823. The van der Waals surface area contributed by atoms with Crippen LogP contribution in [0.1, 0.15) is 34.1 Å². The Labute approximate surface area is 146 Å².